The maximum absolute atomic E-state index is 11.6. The quantitative estimate of drug-likeness (QED) is 0.778. The standard InChI is InChI=1S/C8H13N3OS/c1-5(2)11(3)7(12)6-4-13-8(9)10-6/h4-5H,1-3H3,(H2,9,10). The van der Waals surface area contributed by atoms with Crippen LogP contribution in [0.5, 0.6) is 0 Å². The molecule has 1 amide bonds. The zero-order valence-corrected chi connectivity index (χ0v) is 8.76. The van der Waals surface area contributed by atoms with Crippen molar-refractivity contribution in [2.24, 2.45) is 0 Å². The second-order valence-corrected chi connectivity index (χ2v) is 3.97. The minimum absolute atomic E-state index is 0.0806. The van der Waals surface area contributed by atoms with Crippen molar-refractivity contribution in [1.29, 1.82) is 0 Å². The van der Waals surface area contributed by atoms with Gasteiger partial charge < -0.3 is 10.6 Å². The van der Waals surface area contributed by atoms with Crippen molar-refractivity contribution in [2.75, 3.05) is 12.8 Å². The highest BCUT2D eigenvalue weighted by atomic mass is 32.1. The van der Waals surface area contributed by atoms with Gasteiger partial charge in [0.05, 0.1) is 0 Å². The van der Waals surface area contributed by atoms with E-state index in [4.69, 9.17) is 5.73 Å². The summed E-state index contributed by atoms with van der Waals surface area (Å²) in [6.45, 7) is 3.90. The molecule has 1 heterocycles. The van der Waals surface area contributed by atoms with Gasteiger partial charge in [-0.25, -0.2) is 4.98 Å². The summed E-state index contributed by atoms with van der Waals surface area (Å²) in [6, 6.07) is 0.176. The lowest BCUT2D eigenvalue weighted by molar-refractivity contribution is 0.0750. The number of anilines is 1. The second-order valence-electron chi connectivity index (χ2n) is 3.08. The third-order valence-corrected chi connectivity index (χ3v) is 2.51. The molecule has 0 spiro atoms. The van der Waals surface area contributed by atoms with Gasteiger partial charge in [0.2, 0.25) is 0 Å². The molecule has 0 aromatic carbocycles. The van der Waals surface area contributed by atoms with E-state index in [1.165, 1.54) is 11.3 Å². The van der Waals surface area contributed by atoms with Crippen molar-refractivity contribution < 1.29 is 4.79 Å². The van der Waals surface area contributed by atoms with Crippen molar-refractivity contribution in [3.8, 4) is 0 Å². The fourth-order valence-corrected chi connectivity index (χ4v) is 1.34. The molecule has 0 unspecified atom stereocenters. The van der Waals surface area contributed by atoms with Crippen LogP contribution in [0.4, 0.5) is 5.13 Å². The van der Waals surface area contributed by atoms with Crippen LogP contribution in [-0.2, 0) is 0 Å². The van der Waals surface area contributed by atoms with Crippen molar-refractivity contribution >= 4 is 22.4 Å². The predicted octanol–water partition coefficient (Wildman–Crippen LogP) is 1.21. The number of nitrogens with zero attached hydrogens (tertiary/aromatic N) is 2. The molecule has 0 bridgehead atoms. The summed E-state index contributed by atoms with van der Waals surface area (Å²) >= 11 is 1.28. The van der Waals surface area contributed by atoms with Crippen molar-refractivity contribution in [3.63, 3.8) is 0 Å². The van der Waals surface area contributed by atoms with Crippen LogP contribution >= 0.6 is 11.3 Å². The third kappa shape index (κ3) is 2.18. The molecular formula is C8H13N3OS. The van der Waals surface area contributed by atoms with E-state index in [-0.39, 0.29) is 11.9 Å². The normalized spacial score (nSPS) is 10.5. The highest BCUT2D eigenvalue weighted by molar-refractivity contribution is 7.13. The lowest BCUT2D eigenvalue weighted by atomic mass is 10.3. The number of nitrogen functional groups attached to an aromatic ring is 1. The van der Waals surface area contributed by atoms with Gasteiger partial charge in [0.25, 0.3) is 5.91 Å². The predicted molar refractivity (Wildman–Crippen MR) is 53.8 cm³/mol. The number of hydrogen-bond acceptors (Lipinski definition) is 4. The van der Waals surface area contributed by atoms with Crippen LogP contribution in [0.15, 0.2) is 5.38 Å². The summed E-state index contributed by atoms with van der Waals surface area (Å²) < 4.78 is 0. The Hall–Kier alpha value is -1.10. The van der Waals surface area contributed by atoms with Crippen LogP contribution in [0, 0.1) is 0 Å². The lowest BCUT2D eigenvalue weighted by Gasteiger charge is -2.19. The topological polar surface area (TPSA) is 59.2 Å². The first-order valence-corrected chi connectivity index (χ1v) is 4.88. The molecule has 0 saturated carbocycles. The van der Waals surface area contributed by atoms with E-state index in [2.05, 4.69) is 4.98 Å². The molecule has 72 valence electrons. The average molecular weight is 199 g/mol. The Morgan fingerprint density at radius 2 is 2.31 bits per heavy atom. The van der Waals surface area contributed by atoms with Gasteiger partial charge in [-0.1, -0.05) is 0 Å². The Labute approximate surface area is 81.4 Å². The van der Waals surface area contributed by atoms with Crippen molar-refractivity contribution in [3.05, 3.63) is 11.1 Å². The molecule has 13 heavy (non-hydrogen) atoms. The number of nitrogens with two attached hydrogens (primary N) is 1. The third-order valence-electron chi connectivity index (χ3n) is 1.84. The smallest absolute Gasteiger partial charge is 0.273 e. The zero-order chi connectivity index (χ0) is 10.0. The summed E-state index contributed by atoms with van der Waals surface area (Å²) in [5.74, 6) is -0.0806. The van der Waals surface area contributed by atoms with Gasteiger partial charge in [0.1, 0.15) is 5.69 Å². The highest BCUT2D eigenvalue weighted by Crippen LogP contribution is 2.13. The van der Waals surface area contributed by atoms with Crippen LogP contribution in [0.1, 0.15) is 24.3 Å². The first-order valence-electron chi connectivity index (χ1n) is 4.00. The van der Waals surface area contributed by atoms with Gasteiger partial charge in [-0.2, -0.15) is 0 Å². The number of rotatable bonds is 2. The summed E-state index contributed by atoms with van der Waals surface area (Å²) in [7, 11) is 1.75. The minimum Gasteiger partial charge on any atom is -0.375 e. The molecule has 0 fully saturated rings. The lowest BCUT2D eigenvalue weighted by Crippen LogP contribution is -2.33. The van der Waals surface area contributed by atoms with Gasteiger partial charge in [0.15, 0.2) is 5.13 Å². The first kappa shape index (κ1) is 9.98. The molecule has 0 aliphatic heterocycles. The summed E-state index contributed by atoms with van der Waals surface area (Å²) in [5, 5.41) is 2.11. The van der Waals surface area contributed by atoms with Crippen molar-refractivity contribution in [2.45, 2.75) is 19.9 Å². The van der Waals surface area contributed by atoms with Gasteiger partial charge in [-0.3, -0.25) is 4.79 Å². The molecule has 0 aliphatic carbocycles. The number of thiazole rings is 1. The fourth-order valence-electron chi connectivity index (χ4n) is 0.801. The Bertz CT molecular complexity index is 308. The number of carbonyl (C=O) groups is 1. The second kappa shape index (κ2) is 3.74. The Morgan fingerprint density at radius 1 is 1.69 bits per heavy atom. The monoisotopic (exact) mass is 199 g/mol. The Balaban J connectivity index is 2.79. The van der Waals surface area contributed by atoms with Gasteiger partial charge >= 0.3 is 0 Å². The van der Waals surface area contributed by atoms with Crippen LogP contribution in [0.25, 0.3) is 0 Å². The first-order chi connectivity index (χ1) is 6.02. The maximum atomic E-state index is 11.6. The van der Waals surface area contributed by atoms with E-state index in [9.17, 15) is 4.79 Å². The summed E-state index contributed by atoms with van der Waals surface area (Å²) in [6.07, 6.45) is 0. The fraction of sp³-hybridized carbons (Fsp3) is 0.500. The largest absolute Gasteiger partial charge is 0.375 e. The molecule has 0 radical (unpaired) electrons. The molecule has 4 nitrogen and oxygen atoms in total. The Morgan fingerprint density at radius 3 is 2.69 bits per heavy atom. The Kier molecular flexibility index (Phi) is 2.87. The van der Waals surface area contributed by atoms with E-state index >= 15 is 0 Å². The van der Waals surface area contributed by atoms with E-state index in [1.54, 1.807) is 17.3 Å². The number of carbonyl (C=O) groups excluding carboxylic acids is 1. The molecular weight excluding hydrogens is 186 g/mol. The molecule has 0 saturated heterocycles. The minimum atomic E-state index is -0.0806. The van der Waals surface area contributed by atoms with Crippen LogP contribution in [-0.4, -0.2) is 28.9 Å². The maximum Gasteiger partial charge on any atom is 0.273 e. The van der Waals surface area contributed by atoms with E-state index < -0.39 is 0 Å². The molecule has 5 heteroatoms. The average Bonchev–Trinajstić information content (AvgIpc) is 2.49. The van der Waals surface area contributed by atoms with Gasteiger partial charge in [0, 0.05) is 18.5 Å². The van der Waals surface area contributed by atoms with Crippen LogP contribution in [0.2, 0.25) is 0 Å². The van der Waals surface area contributed by atoms with Gasteiger partial charge in [-0.05, 0) is 13.8 Å². The molecule has 2 N–H and O–H groups in total. The van der Waals surface area contributed by atoms with E-state index in [1.807, 2.05) is 13.8 Å². The van der Waals surface area contributed by atoms with Crippen LogP contribution < -0.4 is 5.73 Å². The van der Waals surface area contributed by atoms with Gasteiger partial charge in [-0.15, -0.1) is 11.3 Å². The highest BCUT2D eigenvalue weighted by Gasteiger charge is 2.16. The van der Waals surface area contributed by atoms with Crippen LogP contribution in [0.3, 0.4) is 0 Å². The molecule has 1 aromatic heterocycles. The van der Waals surface area contributed by atoms with E-state index in [0.29, 0.717) is 10.8 Å². The molecule has 0 atom stereocenters. The zero-order valence-electron chi connectivity index (χ0n) is 7.94. The van der Waals surface area contributed by atoms with E-state index in [0.717, 1.165) is 0 Å². The SMILES string of the molecule is CC(C)N(C)C(=O)c1csc(N)n1. The summed E-state index contributed by atoms with van der Waals surface area (Å²) in [4.78, 5) is 17.2. The number of amides is 1. The number of aromatic nitrogens is 1. The molecule has 0 aliphatic rings. The van der Waals surface area contributed by atoms with Crippen molar-refractivity contribution in [1.82, 2.24) is 9.88 Å². The molecule has 1 aromatic rings. The summed E-state index contributed by atoms with van der Waals surface area (Å²) in [5.41, 5.74) is 5.86. The molecule has 1 rings (SSSR count). The number of hydrogen-bond donors (Lipinski definition) is 1.